The number of hydrogen-bond acceptors (Lipinski definition) is 4. The third-order valence-corrected chi connectivity index (χ3v) is 5.09. The quantitative estimate of drug-likeness (QED) is 0.735. The molecule has 2 aromatic carbocycles. The molecule has 0 saturated carbocycles. The fourth-order valence-electron chi connectivity index (χ4n) is 3.56. The maximum absolute atomic E-state index is 13.0. The van der Waals surface area contributed by atoms with Gasteiger partial charge in [-0.15, -0.1) is 0 Å². The first-order chi connectivity index (χ1) is 13.1. The van der Waals surface area contributed by atoms with Gasteiger partial charge in [0.25, 0.3) is 5.91 Å². The van der Waals surface area contributed by atoms with Gasteiger partial charge in [-0.2, -0.15) is 0 Å². The fraction of sp³-hybridized carbons (Fsp3) is 0.190. The van der Waals surface area contributed by atoms with Gasteiger partial charge in [-0.3, -0.25) is 4.79 Å². The summed E-state index contributed by atoms with van der Waals surface area (Å²) in [7, 11) is 0. The van der Waals surface area contributed by atoms with Gasteiger partial charge in [0, 0.05) is 28.9 Å². The molecule has 1 atom stereocenters. The normalized spacial score (nSPS) is 16.5. The summed E-state index contributed by atoms with van der Waals surface area (Å²) in [5.74, 6) is 0.221. The molecule has 4 rings (SSSR count). The number of halogens is 1. The second-order valence-electron chi connectivity index (χ2n) is 6.56. The molecule has 0 aliphatic carbocycles. The molecule has 6 heteroatoms. The Bertz CT molecular complexity index is 960. The van der Waals surface area contributed by atoms with Gasteiger partial charge in [-0.05, 0) is 42.7 Å². The van der Waals surface area contributed by atoms with Crippen LogP contribution in [0.4, 0.5) is 5.95 Å². The average Bonchev–Trinajstić information content (AvgIpc) is 3.18. The monoisotopic (exact) mass is 378 g/mol. The molecule has 0 radical (unpaired) electrons. The molecule has 1 fully saturated rings. The molecular formula is C21H19ClN4O. The van der Waals surface area contributed by atoms with Crippen LogP contribution in [0.2, 0.25) is 5.02 Å². The van der Waals surface area contributed by atoms with Crippen molar-refractivity contribution in [2.75, 3.05) is 12.3 Å². The summed E-state index contributed by atoms with van der Waals surface area (Å²) in [6, 6.07) is 16.7. The van der Waals surface area contributed by atoms with E-state index in [1.807, 2.05) is 59.5 Å². The second kappa shape index (κ2) is 7.37. The van der Waals surface area contributed by atoms with E-state index in [1.165, 1.54) is 0 Å². The van der Waals surface area contributed by atoms with Crippen LogP contribution in [-0.2, 0) is 0 Å². The predicted octanol–water partition coefficient (Wildman–Crippen LogP) is 4.36. The molecule has 0 unspecified atom stereocenters. The molecule has 1 amide bonds. The zero-order valence-electron chi connectivity index (χ0n) is 14.7. The highest BCUT2D eigenvalue weighted by atomic mass is 35.5. The van der Waals surface area contributed by atoms with Gasteiger partial charge >= 0.3 is 0 Å². The second-order valence-corrected chi connectivity index (χ2v) is 6.99. The number of carbonyl (C=O) groups is 1. The number of aromatic nitrogens is 2. The Labute approximate surface area is 162 Å². The summed E-state index contributed by atoms with van der Waals surface area (Å²) < 4.78 is 0. The molecule has 1 aliphatic heterocycles. The Morgan fingerprint density at radius 1 is 1.11 bits per heavy atom. The minimum absolute atomic E-state index is 0.0114. The van der Waals surface area contributed by atoms with Gasteiger partial charge in [0.05, 0.1) is 11.7 Å². The number of carbonyl (C=O) groups excluding carboxylic acids is 1. The van der Waals surface area contributed by atoms with E-state index in [1.54, 1.807) is 6.20 Å². The maximum atomic E-state index is 13.0. The summed E-state index contributed by atoms with van der Waals surface area (Å²) in [6.07, 6.45) is 3.49. The highest BCUT2D eigenvalue weighted by Crippen LogP contribution is 2.37. The zero-order chi connectivity index (χ0) is 18.8. The molecule has 0 spiro atoms. The SMILES string of the molecule is Nc1ncc(-c2ccc(Cl)cc2)c([C@H]2CCCN2C(=O)c2ccccc2)n1. The van der Waals surface area contributed by atoms with Crippen LogP contribution in [0.15, 0.2) is 60.8 Å². The highest BCUT2D eigenvalue weighted by Gasteiger charge is 2.33. The van der Waals surface area contributed by atoms with Crippen molar-refractivity contribution in [3.8, 4) is 11.1 Å². The van der Waals surface area contributed by atoms with Crippen LogP contribution in [0, 0.1) is 0 Å². The molecule has 1 aliphatic rings. The van der Waals surface area contributed by atoms with Crippen LogP contribution in [0.1, 0.15) is 34.9 Å². The summed E-state index contributed by atoms with van der Waals surface area (Å²) >= 11 is 6.02. The van der Waals surface area contributed by atoms with Crippen LogP contribution < -0.4 is 5.73 Å². The van der Waals surface area contributed by atoms with Crippen molar-refractivity contribution in [2.24, 2.45) is 0 Å². The first-order valence-corrected chi connectivity index (χ1v) is 9.25. The Kier molecular flexibility index (Phi) is 4.77. The van der Waals surface area contributed by atoms with Crippen molar-refractivity contribution in [2.45, 2.75) is 18.9 Å². The Balaban J connectivity index is 1.74. The molecular weight excluding hydrogens is 360 g/mol. The molecule has 0 bridgehead atoms. The average molecular weight is 379 g/mol. The van der Waals surface area contributed by atoms with E-state index >= 15 is 0 Å². The number of anilines is 1. The maximum Gasteiger partial charge on any atom is 0.254 e. The molecule has 136 valence electrons. The van der Waals surface area contributed by atoms with Crippen molar-refractivity contribution in [1.29, 1.82) is 0 Å². The standard InChI is InChI=1S/C21H19ClN4O/c22-16-10-8-14(9-11-16)17-13-24-21(23)25-19(17)18-7-4-12-26(18)20(27)15-5-2-1-3-6-15/h1-3,5-6,8-11,13,18H,4,7,12H2,(H2,23,24,25)/t18-/m1/s1. The van der Waals surface area contributed by atoms with Crippen molar-refractivity contribution in [1.82, 2.24) is 14.9 Å². The Morgan fingerprint density at radius 2 is 1.85 bits per heavy atom. The molecule has 3 aromatic rings. The third-order valence-electron chi connectivity index (χ3n) is 4.84. The van der Waals surface area contributed by atoms with E-state index in [-0.39, 0.29) is 17.9 Å². The topological polar surface area (TPSA) is 72.1 Å². The fourth-order valence-corrected chi connectivity index (χ4v) is 3.68. The number of hydrogen-bond donors (Lipinski definition) is 1. The highest BCUT2D eigenvalue weighted by molar-refractivity contribution is 6.30. The Morgan fingerprint density at radius 3 is 2.59 bits per heavy atom. The lowest BCUT2D eigenvalue weighted by atomic mass is 9.99. The number of rotatable bonds is 3. The van der Waals surface area contributed by atoms with Crippen molar-refractivity contribution in [3.63, 3.8) is 0 Å². The van der Waals surface area contributed by atoms with Gasteiger partial charge in [-0.1, -0.05) is 41.9 Å². The van der Waals surface area contributed by atoms with Crippen molar-refractivity contribution in [3.05, 3.63) is 77.1 Å². The lowest BCUT2D eigenvalue weighted by molar-refractivity contribution is 0.0733. The number of likely N-dealkylation sites (tertiary alicyclic amines) is 1. The lowest BCUT2D eigenvalue weighted by Gasteiger charge is -2.26. The first kappa shape index (κ1) is 17.5. The van der Waals surface area contributed by atoms with Crippen LogP contribution >= 0.6 is 11.6 Å². The van der Waals surface area contributed by atoms with Crippen LogP contribution in [0.25, 0.3) is 11.1 Å². The lowest BCUT2D eigenvalue weighted by Crippen LogP contribution is -2.31. The van der Waals surface area contributed by atoms with Gasteiger partial charge in [0.1, 0.15) is 0 Å². The van der Waals surface area contributed by atoms with E-state index < -0.39 is 0 Å². The van der Waals surface area contributed by atoms with Crippen LogP contribution in [0.5, 0.6) is 0 Å². The van der Waals surface area contributed by atoms with Gasteiger partial charge in [-0.25, -0.2) is 9.97 Å². The van der Waals surface area contributed by atoms with Gasteiger partial charge in [0.15, 0.2) is 0 Å². The number of nitrogens with zero attached hydrogens (tertiary/aromatic N) is 3. The minimum Gasteiger partial charge on any atom is -0.368 e. The number of benzene rings is 2. The molecule has 2 N–H and O–H groups in total. The first-order valence-electron chi connectivity index (χ1n) is 8.88. The van der Waals surface area contributed by atoms with Crippen molar-refractivity contribution >= 4 is 23.5 Å². The molecule has 2 heterocycles. The predicted molar refractivity (Wildman–Crippen MR) is 106 cm³/mol. The smallest absolute Gasteiger partial charge is 0.254 e. The molecule has 1 saturated heterocycles. The van der Waals surface area contributed by atoms with Crippen molar-refractivity contribution < 1.29 is 4.79 Å². The van der Waals surface area contributed by atoms with Crippen LogP contribution in [-0.4, -0.2) is 27.3 Å². The molecule has 1 aromatic heterocycles. The Hall–Kier alpha value is -2.92. The summed E-state index contributed by atoms with van der Waals surface area (Å²) in [5.41, 5.74) is 9.17. The van der Waals surface area contributed by atoms with Gasteiger partial charge < -0.3 is 10.6 Å². The summed E-state index contributed by atoms with van der Waals surface area (Å²) in [4.78, 5) is 23.6. The summed E-state index contributed by atoms with van der Waals surface area (Å²) in [5, 5.41) is 0.665. The van der Waals surface area contributed by atoms with Gasteiger partial charge in [0.2, 0.25) is 5.95 Å². The largest absolute Gasteiger partial charge is 0.368 e. The molecule has 5 nitrogen and oxygen atoms in total. The van der Waals surface area contributed by atoms with E-state index in [2.05, 4.69) is 9.97 Å². The number of nitrogen functional groups attached to an aromatic ring is 1. The van der Waals surface area contributed by atoms with Crippen LogP contribution in [0.3, 0.4) is 0 Å². The number of amides is 1. The minimum atomic E-state index is -0.131. The zero-order valence-corrected chi connectivity index (χ0v) is 15.4. The van der Waals surface area contributed by atoms with E-state index in [9.17, 15) is 4.79 Å². The third kappa shape index (κ3) is 3.51. The van der Waals surface area contributed by atoms with E-state index in [4.69, 9.17) is 17.3 Å². The molecule has 27 heavy (non-hydrogen) atoms. The summed E-state index contributed by atoms with van der Waals surface area (Å²) in [6.45, 7) is 0.697. The number of nitrogens with two attached hydrogens (primary N) is 1. The van der Waals surface area contributed by atoms with E-state index in [0.717, 1.165) is 29.7 Å². The van der Waals surface area contributed by atoms with E-state index in [0.29, 0.717) is 17.1 Å².